The average Bonchev–Trinajstić information content (AvgIpc) is 3.69. The zero-order valence-corrected chi connectivity index (χ0v) is 23.7. The number of halogens is 2. The van der Waals surface area contributed by atoms with Crippen molar-refractivity contribution >= 4 is 27.5 Å². The molecule has 1 saturated heterocycles. The Labute approximate surface area is 242 Å². The van der Waals surface area contributed by atoms with Crippen LogP contribution in [-0.4, -0.2) is 70.0 Å². The quantitative estimate of drug-likeness (QED) is 0.312. The van der Waals surface area contributed by atoms with Crippen LogP contribution in [0.2, 0.25) is 0 Å². The molecule has 8 nitrogen and oxygen atoms in total. The molecule has 2 N–H and O–H groups in total. The minimum Gasteiger partial charge on any atom is -0.508 e. The van der Waals surface area contributed by atoms with Crippen molar-refractivity contribution in [1.82, 2.24) is 19.9 Å². The Bertz CT molecular complexity index is 1800. The molecule has 0 radical (unpaired) electrons. The maximum Gasteiger partial charge on any atom is 0.319 e. The van der Waals surface area contributed by atoms with E-state index in [4.69, 9.17) is 4.74 Å². The molecular formula is C32H31F2N5O3. The summed E-state index contributed by atoms with van der Waals surface area (Å²) in [5.74, 6) is 4.83. The number of aromatic hydroxyl groups is 1. The van der Waals surface area contributed by atoms with Gasteiger partial charge in [0.1, 0.15) is 34.3 Å². The van der Waals surface area contributed by atoms with Crippen molar-refractivity contribution < 1.29 is 23.7 Å². The highest BCUT2D eigenvalue weighted by Gasteiger charge is 2.32. The molecule has 1 aliphatic heterocycles. The Morgan fingerprint density at radius 3 is 2.76 bits per heavy atom. The van der Waals surface area contributed by atoms with Gasteiger partial charge in [0.25, 0.3) is 0 Å². The van der Waals surface area contributed by atoms with Crippen LogP contribution in [0.3, 0.4) is 0 Å². The lowest BCUT2D eigenvalue weighted by molar-refractivity contribution is 0.154. The number of hydrogen-bond donors (Lipinski definition) is 2. The van der Waals surface area contributed by atoms with Crippen molar-refractivity contribution in [2.24, 2.45) is 5.92 Å². The largest absolute Gasteiger partial charge is 0.508 e. The molecule has 10 heteroatoms. The molecule has 0 bridgehead atoms. The second-order valence-corrected chi connectivity index (χ2v) is 11.0. The van der Waals surface area contributed by atoms with Crippen LogP contribution in [0.4, 0.5) is 14.6 Å². The Kier molecular flexibility index (Phi) is 7.29. The van der Waals surface area contributed by atoms with E-state index in [0.717, 1.165) is 12.8 Å². The fraction of sp³-hybridized carbons (Fsp3) is 0.344. The molecule has 216 valence electrons. The molecule has 1 saturated carbocycles. The first kappa shape index (κ1) is 27.7. The van der Waals surface area contributed by atoms with Crippen LogP contribution in [0.5, 0.6) is 11.8 Å². The zero-order valence-electron chi connectivity index (χ0n) is 23.7. The third-order valence-corrected chi connectivity index (χ3v) is 7.53. The highest BCUT2D eigenvalue weighted by molar-refractivity contribution is 6.01. The number of aliphatic hydroxyl groups is 1. The number of phenols is 1. The van der Waals surface area contributed by atoms with Crippen LogP contribution in [-0.2, 0) is 0 Å². The minimum absolute atomic E-state index is 0.00734. The highest BCUT2D eigenvalue weighted by atomic mass is 19.1. The maximum absolute atomic E-state index is 16.6. The Morgan fingerprint density at radius 2 is 2.00 bits per heavy atom. The lowest BCUT2D eigenvalue weighted by atomic mass is 9.99. The summed E-state index contributed by atoms with van der Waals surface area (Å²) in [6.07, 6.45) is 3.76. The molecule has 0 amide bonds. The summed E-state index contributed by atoms with van der Waals surface area (Å²) in [4.78, 5) is 17.6. The first-order valence-corrected chi connectivity index (χ1v) is 13.9. The fourth-order valence-electron chi connectivity index (χ4n) is 5.57. The SMILES string of the molecule is CC#Cc1nc(-c2cc(O)cc3cccc(F)c23)c(F)c2nc(OCC3CC3=CN(C)C)nc(N3CCC[C@@H](O)C3)c12. The number of rotatable bonds is 6. The van der Waals surface area contributed by atoms with Gasteiger partial charge in [-0.15, -0.1) is 0 Å². The summed E-state index contributed by atoms with van der Waals surface area (Å²) < 4.78 is 37.8. The standard InChI is InChI=1S/C32H31F2N5O3/c1-4-7-25-27-30(28(34)29(35-25)23-14-22(41)13-18-8-5-10-24(33)26(18)23)36-32(42-17-20-12-19(20)15-38(2)3)37-31(27)39-11-6-9-21(40)16-39/h5,8,10,13-15,20-21,40-41H,6,9,11-12,16-17H2,1-3H3/t20?,21-/m1/s1. The van der Waals surface area contributed by atoms with E-state index in [-0.39, 0.29) is 50.9 Å². The summed E-state index contributed by atoms with van der Waals surface area (Å²) in [6.45, 7) is 2.86. The number of aromatic nitrogens is 3. The van der Waals surface area contributed by atoms with Crippen LogP contribution in [0.1, 0.15) is 31.9 Å². The number of aliphatic hydroxyl groups excluding tert-OH is 1. The third kappa shape index (κ3) is 5.28. The normalized spacial score (nSPS) is 19.2. The molecule has 1 aliphatic carbocycles. The molecule has 2 fully saturated rings. The predicted molar refractivity (Wildman–Crippen MR) is 157 cm³/mol. The van der Waals surface area contributed by atoms with Gasteiger partial charge in [0.15, 0.2) is 5.82 Å². The molecule has 6 rings (SSSR count). The first-order valence-electron chi connectivity index (χ1n) is 13.9. The van der Waals surface area contributed by atoms with Crippen LogP contribution < -0.4 is 9.64 Å². The van der Waals surface area contributed by atoms with Crippen molar-refractivity contribution in [3.8, 4) is 34.9 Å². The van der Waals surface area contributed by atoms with Gasteiger partial charge >= 0.3 is 6.01 Å². The van der Waals surface area contributed by atoms with Crippen LogP contribution in [0.15, 0.2) is 42.1 Å². The Hall–Kier alpha value is -4.49. The number of β-amino-alcohol motifs (C(OH)–C–C–N with tert-alkyl or cyclic N) is 1. The number of pyridine rings is 1. The summed E-state index contributed by atoms with van der Waals surface area (Å²) in [5, 5.41) is 21.7. The predicted octanol–water partition coefficient (Wildman–Crippen LogP) is 5.01. The van der Waals surface area contributed by atoms with Crippen LogP contribution in [0.25, 0.3) is 32.9 Å². The summed E-state index contributed by atoms with van der Waals surface area (Å²) in [7, 11) is 3.92. The fourth-order valence-corrected chi connectivity index (χ4v) is 5.57. The van der Waals surface area contributed by atoms with E-state index in [1.807, 2.05) is 23.9 Å². The van der Waals surface area contributed by atoms with Crippen molar-refractivity contribution in [3.63, 3.8) is 0 Å². The summed E-state index contributed by atoms with van der Waals surface area (Å²) in [6, 6.07) is 7.13. The van der Waals surface area contributed by atoms with Gasteiger partial charge in [0, 0.05) is 44.1 Å². The third-order valence-electron chi connectivity index (χ3n) is 7.53. The van der Waals surface area contributed by atoms with Gasteiger partial charge < -0.3 is 24.7 Å². The minimum atomic E-state index is -0.813. The van der Waals surface area contributed by atoms with E-state index in [1.54, 1.807) is 13.0 Å². The summed E-state index contributed by atoms with van der Waals surface area (Å²) in [5.41, 5.74) is 1.26. The lowest BCUT2D eigenvalue weighted by Gasteiger charge is -2.32. The molecule has 42 heavy (non-hydrogen) atoms. The zero-order chi connectivity index (χ0) is 29.5. The van der Waals surface area contributed by atoms with E-state index in [0.29, 0.717) is 37.3 Å². The van der Waals surface area contributed by atoms with Gasteiger partial charge in [-0.25, -0.2) is 13.8 Å². The second-order valence-electron chi connectivity index (χ2n) is 11.0. The van der Waals surface area contributed by atoms with Crippen LogP contribution in [0, 0.1) is 29.4 Å². The van der Waals surface area contributed by atoms with Crippen molar-refractivity contribution in [3.05, 3.63) is 59.4 Å². The van der Waals surface area contributed by atoms with Gasteiger partial charge in [-0.3, -0.25) is 0 Å². The van der Waals surface area contributed by atoms with E-state index in [9.17, 15) is 10.2 Å². The molecule has 2 aromatic heterocycles. The second kappa shape index (κ2) is 11.1. The summed E-state index contributed by atoms with van der Waals surface area (Å²) >= 11 is 0. The van der Waals surface area contributed by atoms with Gasteiger partial charge in [0.2, 0.25) is 0 Å². The van der Waals surface area contributed by atoms with E-state index >= 15 is 8.78 Å². The number of piperidine rings is 1. The average molecular weight is 572 g/mol. The molecule has 2 aromatic carbocycles. The molecule has 0 spiro atoms. The highest BCUT2D eigenvalue weighted by Crippen LogP contribution is 2.41. The van der Waals surface area contributed by atoms with Crippen molar-refractivity contribution in [2.45, 2.75) is 32.3 Å². The Balaban J connectivity index is 1.56. The number of phenolic OH excluding ortho intramolecular Hbond substituents is 1. The lowest BCUT2D eigenvalue weighted by Crippen LogP contribution is -2.39. The maximum atomic E-state index is 16.6. The molecule has 3 heterocycles. The molecule has 2 aliphatic rings. The molecule has 2 atom stereocenters. The van der Waals surface area contributed by atoms with E-state index in [1.165, 1.54) is 29.8 Å². The van der Waals surface area contributed by atoms with Crippen molar-refractivity contribution in [1.29, 1.82) is 0 Å². The number of nitrogens with zero attached hydrogens (tertiary/aromatic N) is 5. The van der Waals surface area contributed by atoms with Crippen LogP contribution >= 0.6 is 0 Å². The number of benzene rings is 2. The number of fused-ring (bicyclic) bond motifs is 2. The number of hydrogen-bond acceptors (Lipinski definition) is 8. The van der Waals surface area contributed by atoms with Gasteiger partial charge in [0.05, 0.1) is 18.1 Å². The van der Waals surface area contributed by atoms with Crippen molar-refractivity contribution in [2.75, 3.05) is 38.7 Å². The topological polar surface area (TPSA) is 94.8 Å². The van der Waals surface area contributed by atoms with E-state index in [2.05, 4.69) is 33.0 Å². The van der Waals surface area contributed by atoms with Gasteiger partial charge in [-0.05, 0) is 67.5 Å². The molecule has 1 unspecified atom stereocenters. The van der Waals surface area contributed by atoms with Gasteiger partial charge in [-0.2, -0.15) is 9.97 Å². The van der Waals surface area contributed by atoms with E-state index < -0.39 is 17.7 Å². The number of ether oxygens (including phenoxy) is 1. The molecular weight excluding hydrogens is 540 g/mol. The Morgan fingerprint density at radius 1 is 1.17 bits per heavy atom. The number of anilines is 1. The smallest absolute Gasteiger partial charge is 0.319 e. The van der Waals surface area contributed by atoms with Gasteiger partial charge in [-0.1, -0.05) is 18.1 Å². The monoisotopic (exact) mass is 571 g/mol. The first-order chi connectivity index (χ1) is 20.2. The molecule has 4 aromatic rings.